The highest BCUT2D eigenvalue weighted by molar-refractivity contribution is 7.84. The van der Waals surface area contributed by atoms with Gasteiger partial charge in [-0.1, -0.05) is 309 Å². The molecule has 3 saturated heterocycles. The molecule has 9 atom stereocenters. The molecule has 18 rings (SSSR count). The van der Waals surface area contributed by atoms with Gasteiger partial charge in [-0.25, -0.2) is 38.6 Å². The third kappa shape index (κ3) is 22.8. The summed E-state index contributed by atoms with van der Waals surface area (Å²) in [5, 5.41) is 5.58. The average Bonchev–Trinajstić information content (AvgIpc) is 0.864. The summed E-state index contributed by atoms with van der Waals surface area (Å²) in [4.78, 5) is 91.8. The Kier molecular flexibility index (Phi) is 33.1. The number of halogens is 3. The number of morpholine rings is 3. The standard InChI is InChI=1S/C38H37ClN7O4P.C37H37ClN5O5P.C31H34ClN4O5P/c1-44(2)51(39,48)49-25-32-23-45(38(29-17-9-4-10-18-29,30-19-11-5-12-20-30)31-21-13-6-14-22-31)24-33(50-32)46-27-42-34-35(40-26-41-36(34)46)43-37(47)28-15-7-3-8-16-28;1-41(2)49(38,46)47-27-32-25-42(26-34(48-32)43-24-23-33(40-36(43)45)39-35(44)28-15-7-3-8-16-28)37(29-17-9-4-10-18-29,30-19-11-5-12-20-30)31-21-13-6-14-22-31;1-23-19-36(30(38)33-29(23)37)28-21-35(20-27(41-28)22-40-42(32,39)34(2)3)31(24-13-7-4-8-14-24,25-15-9-5-10-16-25)26-17-11-6-12-18-26/h3-22,26-27,32-33H,23-25H2,1-2H3,(H,40,41,43,47);3-24,32,34H,25-27H2,1-2H3,(H,39,40,44,45);4-19,27-28H,20-22H2,1-3H3,(H,33,37,38). The molecule has 3 fully saturated rings. The van der Waals surface area contributed by atoms with E-state index in [9.17, 15) is 37.7 Å². The number of carbonyl (C=O) groups is 2. The third-order valence-electron chi connectivity index (χ3n) is 25.1. The predicted molar refractivity (Wildman–Crippen MR) is 552 cm³/mol. The fraction of sp³-hybridized carbons (Fsp3) is 0.236. The summed E-state index contributed by atoms with van der Waals surface area (Å²) in [7, 11) is 9.55. The van der Waals surface area contributed by atoms with Crippen LogP contribution in [0.5, 0.6) is 0 Å². The third-order valence-corrected chi connectivity index (χ3v) is 33.0. The Morgan fingerprint density at radius 2 is 0.683 bits per heavy atom. The summed E-state index contributed by atoms with van der Waals surface area (Å²) in [6.07, 6.45) is 1.94. The number of aryl methyl sites for hydroxylation is 1. The lowest BCUT2D eigenvalue weighted by Gasteiger charge is -2.50. The van der Waals surface area contributed by atoms with E-state index in [1.807, 2.05) is 180 Å². The van der Waals surface area contributed by atoms with Crippen LogP contribution in [0.2, 0.25) is 0 Å². The molecule has 0 spiro atoms. The minimum absolute atomic E-state index is 0.0413. The number of benzene rings is 11. The van der Waals surface area contributed by atoms with Gasteiger partial charge >= 0.3 is 32.0 Å². The number of nitrogens with zero attached hydrogens (tertiary/aromatic N) is 13. The molecule has 3 N–H and O–H groups in total. The van der Waals surface area contributed by atoms with Crippen LogP contribution in [0.4, 0.5) is 11.6 Å². The summed E-state index contributed by atoms with van der Waals surface area (Å²) < 4.78 is 84.8. The molecule has 4 aromatic heterocycles. The first-order chi connectivity index (χ1) is 68.6. The number of carbonyl (C=O) groups excluding carboxylic acids is 2. The monoisotopic (exact) mass is 2030 g/mol. The number of rotatable bonds is 31. The normalized spacial score (nSPS) is 18.5. The minimum Gasteiger partial charge on any atom is -0.350 e. The van der Waals surface area contributed by atoms with Crippen molar-refractivity contribution in [3.8, 4) is 0 Å². The number of nitrogens with one attached hydrogen (secondary N) is 3. The van der Waals surface area contributed by atoms with Gasteiger partial charge in [-0.15, -0.1) is 0 Å². The fourth-order valence-corrected chi connectivity index (χ4v) is 20.6. The van der Waals surface area contributed by atoms with Gasteiger partial charge in [-0.2, -0.15) is 4.98 Å². The summed E-state index contributed by atoms with van der Waals surface area (Å²) in [6, 6.07) is 111. The highest BCUT2D eigenvalue weighted by Gasteiger charge is 2.51. The molecule has 30 nitrogen and oxygen atoms in total. The number of ether oxygens (including phenoxy) is 3. The van der Waals surface area contributed by atoms with E-state index in [0.717, 1.165) is 50.1 Å². The molecule has 732 valence electrons. The quantitative estimate of drug-likeness (QED) is 0.0268. The number of hydrogen-bond donors (Lipinski definition) is 3. The van der Waals surface area contributed by atoms with Crippen LogP contribution < -0.4 is 27.6 Å². The van der Waals surface area contributed by atoms with Crippen molar-refractivity contribution < 1.29 is 51.1 Å². The Morgan fingerprint density at radius 1 is 0.394 bits per heavy atom. The lowest BCUT2D eigenvalue weighted by molar-refractivity contribution is -0.148. The molecule has 9 unspecified atom stereocenters. The maximum Gasteiger partial charge on any atom is 0.362 e. The summed E-state index contributed by atoms with van der Waals surface area (Å²) in [6.45, 7) is -7.37. The molecule has 36 heteroatoms. The summed E-state index contributed by atoms with van der Waals surface area (Å²) >= 11 is 18.8. The van der Waals surface area contributed by atoms with E-state index in [-0.39, 0.29) is 56.4 Å². The topological polar surface area (TPSA) is 318 Å². The molecule has 0 radical (unpaired) electrons. The van der Waals surface area contributed by atoms with Gasteiger partial charge in [-0.05, 0) is 163 Å². The highest BCUT2D eigenvalue weighted by atomic mass is 35.7. The second-order valence-electron chi connectivity index (χ2n) is 34.7. The van der Waals surface area contributed by atoms with Crippen molar-refractivity contribution in [3.63, 3.8) is 0 Å². The van der Waals surface area contributed by atoms with Gasteiger partial charge in [0.15, 0.2) is 29.4 Å². The van der Waals surface area contributed by atoms with Crippen LogP contribution in [0.25, 0.3) is 11.2 Å². The number of hydrogen-bond acceptors (Lipinski definition) is 21. The van der Waals surface area contributed by atoms with Crippen molar-refractivity contribution in [1.82, 2.24) is 67.3 Å². The number of anilines is 2. The van der Waals surface area contributed by atoms with Crippen molar-refractivity contribution in [2.45, 2.75) is 60.5 Å². The van der Waals surface area contributed by atoms with Crippen LogP contribution in [-0.2, 0) is 58.1 Å². The molecule has 3 aliphatic heterocycles. The first-order valence-corrected chi connectivity index (χ1v) is 53.4. The zero-order valence-electron chi connectivity index (χ0n) is 79.0. The van der Waals surface area contributed by atoms with Crippen molar-refractivity contribution in [3.05, 3.63) is 463 Å². The van der Waals surface area contributed by atoms with Crippen molar-refractivity contribution in [2.75, 3.05) is 112 Å². The molecule has 0 aliphatic carbocycles. The molecule has 2 amide bonds. The number of imidazole rings is 1. The lowest BCUT2D eigenvalue weighted by atomic mass is 9.75. The molecule has 0 bridgehead atoms. The number of aromatic nitrogens is 8. The first kappa shape index (κ1) is 102. The van der Waals surface area contributed by atoms with E-state index in [1.54, 1.807) is 116 Å². The Hall–Kier alpha value is -12.5. The molecule has 142 heavy (non-hydrogen) atoms. The number of aromatic amines is 1. The van der Waals surface area contributed by atoms with Crippen LogP contribution in [0, 0.1) is 6.92 Å². The van der Waals surface area contributed by atoms with Crippen LogP contribution in [0.3, 0.4) is 0 Å². The van der Waals surface area contributed by atoms with Crippen LogP contribution in [0.1, 0.15) is 95.0 Å². The maximum atomic E-state index is 13.6. The molecular weight excluding hydrogens is 1920 g/mol. The van der Waals surface area contributed by atoms with Crippen molar-refractivity contribution in [2.24, 2.45) is 0 Å². The van der Waals surface area contributed by atoms with Gasteiger partial charge in [0.2, 0.25) is 0 Å². The smallest absolute Gasteiger partial charge is 0.350 e. The Labute approximate surface area is 837 Å². The zero-order valence-corrected chi connectivity index (χ0v) is 83.9. The molecule has 7 heterocycles. The first-order valence-electron chi connectivity index (χ1n) is 46.0. The second kappa shape index (κ2) is 45.9. The lowest BCUT2D eigenvalue weighted by Crippen LogP contribution is -2.58. The fourth-order valence-electron chi connectivity index (χ4n) is 18.3. The number of fused-ring (bicyclic) bond motifs is 1. The Balaban J connectivity index is 0.000000154. The van der Waals surface area contributed by atoms with E-state index in [1.165, 1.54) is 35.7 Å². The second-order valence-corrected chi connectivity index (χ2v) is 44.5. The van der Waals surface area contributed by atoms with Gasteiger partial charge in [0, 0.05) is 68.4 Å². The molecular formula is C106H108Cl3N16O14P3. The van der Waals surface area contributed by atoms with E-state index in [4.69, 9.17) is 61.5 Å². The van der Waals surface area contributed by atoms with E-state index < -0.39 is 91.2 Å². The average molecular weight is 2030 g/mol. The van der Waals surface area contributed by atoms with Gasteiger partial charge < -0.3 is 38.4 Å². The van der Waals surface area contributed by atoms with Gasteiger partial charge in [0.1, 0.15) is 18.4 Å². The molecule has 15 aromatic rings. The summed E-state index contributed by atoms with van der Waals surface area (Å²) in [5.74, 6) is -0.301. The predicted octanol–water partition coefficient (Wildman–Crippen LogP) is 18.8. The van der Waals surface area contributed by atoms with Crippen LogP contribution in [-0.4, -0.2) is 199 Å². The number of H-pyrrole nitrogens is 1. The zero-order chi connectivity index (χ0) is 99.8. The van der Waals surface area contributed by atoms with E-state index in [2.05, 4.69) is 159 Å². The van der Waals surface area contributed by atoms with Crippen molar-refractivity contribution >= 4 is 89.0 Å². The molecule has 3 aliphatic rings. The van der Waals surface area contributed by atoms with E-state index >= 15 is 0 Å². The van der Waals surface area contributed by atoms with Crippen LogP contribution in [0.15, 0.2) is 379 Å². The molecule has 0 saturated carbocycles. The Morgan fingerprint density at radius 3 is 0.986 bits per heavy atom. The molecule has 11 aromatic carbocycles. The van der Waals surface area contributed by atoms with Gasteiger partial charge in [0.05, 0.1) is 61.1 Å². The highest BCUT2D eigenvalue weighted by Crippen LogP contribution is 2.58. The largest absolute Gasteiger partial charge is 0.362 e. The maximum absolute atomic E-state index is 13.6. The van der Waals surface area contributed by atoms with Crippen LogP contribution >= 0.6 is 54.3 Å². The van der Waals surface area contributed by atoms with Crippen molar-refractivity contribution in [1.29, 1.82) is 0 Å². The van der Waals surface area contributed by atoms with Gasteiger partial charge in [0.25, 0.3) is 17.4 Å². The van der Waals surface area contributed by atoms with E-state index in [0.29, 0.717) is 54.0 Å². The summed E-state index contributed by atoms with van der Waals surface area (Å²) in [5.41, 5.74) is 7.37. The van der Waals surface area contributed by atoms with Gasteiger partial charge in [-0.3, -0.25) is 61.5 Å². The minimum atomic E-state index is -3.63. The Bertz CT molecular complexity index is 6820. The SMILES string of the molecule is CN(C)P(=O)(Cl)OCC1CN(C(c2ccccc2)(c2ccccc2)c2ccccc2)CC(n2ccc(NC(=O)c3ccccc3)nc2=O)O1.CN(C)P(=O)(Cl)OCC1CN(C(c2ccccc2)(c2ccccc2)c2ccccc2)CC(n2cnc3c(NC(=O)c4ccccc4)ncnc32)O1.Cc1cn(C2CN(C(c3ccccc3)(c3ccccc3)c3ccccc3)CC(COP(=O)(Cl)N(C)C)O2)c(=O)[nH]c1=O. The number of amides is 2.